The molecule has 0 saturated heterocycles. The lowest BCUT2D eigenvalue weighted by atomic mass is 10.0. The molecule has 9 heteroatoms. The number of pyridine rings is 1. The van der Waals surface area contributed by atoms with Crippen LogP contribution in [0.25, 0.3) is 33.2 Å². The molecule has 0 unspecified atom stereocenters. The number of nitro groups is 1. The monoisotopic (exact) mass is 507 g/mol. The van der Waals surface area contributed by atoms with Crippen molar-refractivity contribution in [3.63, 3.8) is 0 Å². The number of hydrogen-bond acceptors (Lipinski definition) is 5. The van der Waals surface area contributed by atoms with Crippen molar-refractivity contribution in [1.29, 1.82) is 0 Å². The molecular weight excluding hydrogens is 482 g/mol. The SMILES string of the molecule is Cc1ccc2[nH]c(-c3ccc4ccccc4n3)c(CCCC(=O)NNC(=O)c3ccc([N+](=O)[O-])cc3)c2c1. The number of para-hydroxylation sites is 1. The molecule has 5 aromatic rings. The number of hydrogen-bond donors (Lipinski definition) is 3. The van der Waals surface area contributed by atoms with Gasteiger partial charge >= 0.3 is 0 Å². The van der Waals surface area contributed by atoms with Gasteiger partial charge in [-0.1, -0.05) is 35.9 Å². The van der Waals surface area contributed by atoms with Gasteiger partial charge in [0, 0.05) is 40.4 Å². The highest BCUT2D eigenvalue weighted by Crippen LogP contribution is 2.32. The van der Waals surface area contributed by atoms with Gasteiger partial charge in [0.05, 0.1) is 21.8 Å². The minimum atomic E-state index is -0.551. The third-order valence-corrected chi connectivity index (χ3v) is 6.40. The molecule has 0 atom stereocenters. The molecule has 0 fully saturated rings. The number of aromatic nitrogens is 2. The Kier molecular flexibility index (Phi) is 6.82. The van der Waals surface area contributed by atoms with E-state index >= 15 is 0 Å². The Labute approximate surface area is 218 Å². The first kappa shape index (κ1) is 24.6. The van der Waals surface area contributed by atoms with Gasteiger partial charge in [-0.2, -0.15) is 0 Å². The van der Waals surface area contributed by atoms with E-state index in [-0.39, 0.29) is 23.6 Å². The van der Waals surface area contributed by atoms with E-state index < -0.39 is 10.8 Å². The summed E-state index contributed by atoms with van der Waals surface area (Å²) in [5.74, 6) is -0.883. The molecule has 0 saturated carbocycles. The number of non-ortho nitro benzene ring substituents is 1. The molecule has 2 aromatic heterocycles. The van der Waals surface area contributed by atoms with Crippen LogP contribution in [0.1, 0.15) is 34.3 Å². The first-order valence-electron chi connectivity index (χ1n) is 12.2. The number of nitrogens with one attached hydrogen (secondary N) is 3. The number of benzene rings is 3. The smallest absolute Gasteiger partial charge is 0.269 e. The molecule has 9 nitrogen and oxygen atoms in total. The number of carbonyl (C=O) groups excluding carboxylic acids is 2. The lowest BCUT2D eigenvalue weighted by molar-refractivity contribution is -0.384. The van der Waals surface area contributed by atoms with Crippen LogP contribution in [0.2, 0.25) is 0 Å². The molecule has 0 aliphatic carbocycles. The molecule has 0 bridgehead atoms. The van der Waals surface area contributed by atoms with E-state index in [1.807, 2.05) is 37.3 Å². The number of amides is 2. The molecule has 3 aromatic carbocycles. The Morgan fingerprint density at radius 2 is 1.76 bits per heavy atom. The van der Waals surface area contributed by atoms with Crippen LogP contribution in [0.3, 0.4) is 0 Å². The lowest BCUT2D eigenvalue weighted by Crippen LogP contribution is -2.41. The Balaban J connectivity index is 1.27. The summed E-state index contributed by atoms with van der Waals surface area (Å²) in [5, 5.41) is 12.9. The number of nitro benzene ring substituents is 1. The van der Waals surface area contributed by atoms with Crippen molar-refractivity contribution >= 4 is 39.3 Å². The van der Waals surface area contributed by atoms with Crippen LogP contribution in [0, 0.1) is 17.0 Å². The molecule has 2 amide bonds. The predicted octanol–water partition coefficient (Wildman–Crippen LogP) is 5.38. The van der Waals surface area contributed by atoms with Crippen LogP contribution in [-0.2, 0) is 11.2 Å². The average Bonchev–Trinajstić information content (AvgIpc) is 3.29. The number of carbonyl (C=O) groups is 2. The van der Waals surface area contributed by atoms with Crippen molar-refractivity contribution in [2.75, 3.05) is 0 Å². The Morgan fingerprint density at radius 3 is 2.55 bits per heavy atom. The average molecular weight is 508 g/mol. The number of hydrazine groups is 1. The highest BCUT2D eigenvalue weighted by Gasteiger charge is 2.16. The van der Waals surface area contributed by atoms with Crippen molar-refractivity contribution < 1.29 is 14.5 Å². The third-order valence-electron chi connectivity index (χ3n) is 6.40. The van der Waals surface area contributed by atoms with E-state index in [9.17, 15) is 19.7 Å². The number of rotatable bonds is 7. The van der Waals surface area contributed by atoms with Crippen LogP contribution in [0.15, 0.2) is 78.9 Å². The van der Waals surface area contributed by atoms with Crippen molar-refractivity contribution in [3.05, 3.63) is 106 Å². The van der Waals surface area contributed by atoms with E-state index in [2.05, 4.69) is 40.1 Å². The van der Waals surface area contributed by atoms with Crippen LogP contribution in [0.5, 0.6) is 0 Å². The van der Waals surface area contributed by atoms with E-state index in [4.69, 9.17) is 4.98 Å². The third kappa shape index (κ3) is 5.22. The van der Waals surface area contributed by atoms with Crippen molar-refractivity contribution in [3.8, 4) is 11.4 Å². The van der Waals surface area contributed by atoms with Gasteiger partial charge in [-0.15, -0.1) is 0 Å². The first-order chi connectivity index (χ1) is 18.4. The number of nitrogens with zero attached hydrogens (tertiary/aromatic N) is 2. The quantitative estimate of drug-likeness (QED) is 0.201. The van der Waals surface area contributed by atoms with Crippen molar-refractivity contribution in [2.45, 2.75) is 26.2 Å². The van der Waals surface area contributed by atoms with Crippen LogP contribution in [-0.4, -0.2) is 26.7 Å². The second kappa shape index (κ2) is 10.5. The van der Waals surface area contributed by atoms with Crippen molar-refractivity contribution in [2.24, 2.45) is 0 Å². The standard InChI is InChI=1S/C29H25N5O4/c1-18-9-15-25-23(17-18)22(28(31-25)26-16-12-19-5-2-3-7-24(19)30-26)6-4-8-27(35)32-33-29(36)20-10-13-21(14-11-20)34(37)38/h2-3,5,7,9-17,31H,4,6,8H2,1H3,(H,32,35)(H,33,36). The highest BCUT2D eigenvalue weighted by atomic mass is 16.6. The summed E-state index contributed by atoms with van der Waals surface area (Å²) in [5.41, 5.74) is 10.8. The zero-order valence-electron chi connectivity index (χ0n) is 20.7. The molecule has 38 heavy (non-hydrogen) atoms. The molecule has 3 N–H and O–H groups in total. The fourth-order valence-corrected chi connectivity index (χ4v) is 4.47. The Morgan fingerprint density at radius 1 is 0.974 bits per heavy atom. The summed E-state index contributed by atoms with van der Waals surface area (Å²) >= 11 is 0. The summed E-state index contributed by atoms with van der Waals surface area (Å²) in [6.07, 6.45) is 1.39. The molecule has 0 radical (unpaired) electrons. The molecular formula is C29H25N5O4. The maximum atomic E-state index is 12.4. The van der Waals surface area contributed by atoms with E-state index in [1.54, 1.807) is 0 Å². The van der Waals surface area contributed by atoms with E-state index in [1.165, 1.54) is 24.3 Å². The molecule has 0 aliphatic rings. The summed E-state index contributed by atoms with van der Waals surface area (Å²) in [4.78, 5) is 43.3. The van der Waals surface area contributed by atoms with Gasteiger partial charge in [-0.25, -0.2) is 4.98 Å². The van der Waals surface area contributed by atoms with Gasteiger partial charge in [0.25, 0.3) is 11.6 Å². The summed E-state index contributed by atoms with van der Waals surface area (Å²) in [7, 11) is 0. The Bertz CT molecular complexity index is 1670. The maximum Gasteiger partial charge on any atom is 0.269 e. The zero-order chi connectivity index (χ0) is 26.6. The molecule has 190 valence electrons. The number of fused-ring (bicyclic) bond motifs is 2. The summed E-state index contributed by atoms with van der Waals surface area (Å²) in [6, 6.07) is 23.4. The minimum Gasteiger partial charge on any atom is -0.353 e. The number of H-pyrrole nitrogens is 1. The number of aryl methyl sites for hydroxylation is 2. The van der Waals surface area contributed by atoms with E-state index in [0.717, 1.165) is 44.3 Å². The second-order valence-corrected chi connectivity index (χ2v) is 9.08. The summed E-state index contributed by atoms with van der Waals surface area (Å²) in [6.45, 7) is 2.05. The minimum absolute atomic E-state index is 0.115. The normalized spacial score (nSPS) is 11.0. The van der Waals surface area contributed by atoms with Crippen molar-refractivity contribution in [1.82, 2.24) is 20.8 Å². The molecule has 2 heterocycles. The van der Waals surface area contributed by atoms with Gasteiger partial charge in [-0.05, 0) is 61.7 Å². The summed E-state index contributed by atoms with van der Waals surface area (Å²) < 4.78 is 0. The Hall–Kier alpha value is -5.05. The fourth-order valence-electron chi connectivity index (χ4n) is 4.47. The van der Waals surface area contributed by atoms with Crippen LogP contribution < -0.4 is 10.9 Å². The maximum absolute atomic E-state index is 12.4. The topological polar surface area (TPSA) is 130 Å². The predicted molar refractivity (Wildman–Crippen MR) is 145 cm³/mol. The fraction of sp³-hybridized carbons (Fsp3) is 0.138. The van der Waals surface area contributed by atoms with Gasteiger partial charge < -0.3 is 4.98 Å². The molecule has 0 spiro atoms. The number of aromatic amines is 1. The van der Waals surface area contributed by atoms with Gasteiger partial charge in [-0.3, -0.25) is 30.6 Å². The van der Waals surface area contributed by atoms with Crippen LogP contribution >= 0.6 is 0 Å². The largest absolute Gasteiger partial charge is 0.353 e. The van der Waals surface area contributed by atoms with E-state index in [0.29, 0.717) is 12.8 Å². The highest BCUT2D eigenvalue weighted by molar-refractivity contribution is 5.95. The second-order valence-electron chi connectivity index (χ2n) is 9.08. The molecule has 5 rings (SSSR count). The lowest BCUT2D eigenvalue weighted by Gasteiger charge is -2.09. The van der Waals surface area contributed by atoms with Gasteiger partial charge in [0.1, 0.15) is 0 Å². The first-order valence-corrected chi connectivity index (χ1v) is 12.2. The molecule has 0 aliphatic heterocycles. The van der Waals surface area contributed by atoms with Gasteiger partial charge in [0.2, 0.25) is 5.91 Å². The van der Waals surface area contributed by atoms with Gasteiger partial charge in [0.15, 0.2) is 0 Å². The van der Waals surface area contributed by atoms with Crippen LogP contribution in [0.4, 0.5) is 5.69 Å². The zero-order valence-corrected chi connectivity index (χ0v) is 20.7.